The first-order chi connectivity index (χ1) is 30.7. The number of nitrogens with one attached hydrogen (secondary N) is 1. The summed E-state index contributed by atoms with van der Waals surface area (Å²) in [6.07, 6.45) is 24.1. The van der Waals surface area contributed by atoms with Crippen molar-refractivity contribution in [3.63, 3.8) is 0 Å². The van der Waals surface area contributed by atoms with E-state index >= 15 is 0 Å². The highest BCUT2D eigenvalue weighted by molar-refractivity contribution is 6.21. The number of para-hydroxylation sites is 2. The topological polar surface area (TPSA) is 19.7 Å². The van der Waals surface area contributed by atoms with Gasteiger partial charge in [0.2, 0.25) is 0 Å². The Balaban J connectivity index is 1.09. The average molecular weight is 796 g/mol. The molecule has 2 aliphatic rings. The minimum Gasteiger partial charge on any atom is -0.381 e. The molecule has 11 rings (SSSR count). The van der Waals surface area contributed by atoms with E-state index < -0.39 is 0 Å². The SMILES string of the molecule is C=C/C=C\C=c1\c2cc3c(cc2c2cccc4c5ccccc5n1c24)-c1ccccc1/C=C\C(N(c1ccc(C2=CCCC=C2)cc1)c1ccc(-c2ccccc2)cc1)=C/CN3. The second-order valence-electron chi connectivity index (χ2n) is 16.0. The van der Waals surface area contributed by atoms with Crippen LogP contribution in [-0.2, 0) is 0 Å². The lowest BCUT2D eigenvalue weighted by atomic mass is 9.93. The van der Waals surface area contributed by atoms with Crippen LogP contribution in [0.5, 0.6) is 0 Å². The molecule has 0 bridgehead atoms. The highest BCUT2D eigenvalue weighted by Crippen LogP contribution is 2.41. The Morgan fingerprint density at radius 3 is 2.05 bits per heavy atom. The fraction of sp³-hybridized carbons (Fsp3) is 0.0508. The lowest BCUT2D eigenvalue weighted by molar-refractivity contribution is 1.04. The van der Waals surface area contributed by atoms with Crippen LogP contribution >= 0.6 is 0 Å². The van der Waals surface area contributed by atoms with Crippen LogP contribution in [0.25, 0.3) is 77.9 Å². The molecular weight excluding hydrogens is 751 g/mol. The van der Waals surface area contributed by atoms with Crippen LogP contribution in [-0.4, -0.2) is 10.9 Å². The second-order valence-corrected chi connectivity index (χ2v) is 16.0. The molecule has 1 aliphatic heterocycles. The van der Waals surface area contributed by atoms with Gasteiger partial charge in [-0.05, 0) is 112 Å². The maximum atomic E-state index is 3.96. The zero-order valence-electron chi connectivity index (χ0n) is 34.5. The summed E-state index contributed by atoms with van der Waals surface area (Å²) < 4.78 is 2.45. The predicted molar refractivity (Wildman–Crippen MR) is 267 cm³/mol. The molecule has 0 atom stereocenters. The molecule has 296 valence electrons. The smallest absolute Gasteiger partial charge is 0.0619 e. The monoisotopic (exact) mass is 795 g/mol. The maximum absolute atomic E-state index is 3.96. The lowest BCUT2D eigenvalue weighted by Crippen LogP contribution is -2.17. The van der Waals surface area contributed by atoms with Crippen molar-refractivity contribution in [2.45, 2.75) is 12.8 Å². The van der Waals surface area contributed by atoms with Gasteiger partial charge >= 0.3 is 0 Å². The molecule has 3 heterocycles. The molecule has 7 aromatic carbocycles. The molecule has 0 fully saturated rings. The highest BCUT2D eigenvalue weighted by Gasteiger charge is 2.20. The summed E-state index contributed by atoms with van der Waals surface area (Å²) in [6.45, 7) is 4.58. The van der Waals surface area contributed by atoms with E-state index in [9.17, 15) is 0 Å². The van der Waals surface area contributed by atoms with Gasteiger partial charge in [0, 0.05) is 56.4 Å². The fourth-order valence-corrected chi connectivity index (χ4v) is 9.47. The Hall–Kier alpha value is -7.88. The molecular formula is C59H45N3. The van der Waals surface area contributed by atoms with Crippen molar-refractivity contribution in [2.24, 2.45) is 0 Å². The van der Waals surface area contributed by atoms with E-state index in [0.29, 0.717) is 6.54 Å². The van der Waals surface area contributed by atoms with Crippen LogP contribution in [0.4, 0.5) is 17.1 Å². The van der Waals surface area contributed by atoms with E-state index in [-0.39, 0.29) is 0 Å². The number of nitrogens with zero attached hydrogens (tertiary/aromatic N) is 2. The summed E-state index contributed by atoms with van der Waals surface area (Å²) >= 11 is 0. The Morgan fingerprint density at radius 2 is 1.26 bits per heavy atom. The zero-order chi connectivity index (χ0) is 41.4. The molecule has 0 spiro atoms. The van der Waals surface area contributed by atoms with E-state index in [0.717, 1.165) is 46.5 Å². The van der Waals surface area contributed by atoms with E-state index in [2.05, 4.69) is 228 Å². The van der Waals surface area contributed by atoms with E-state index in [1.54, 1.807) is 0 Å². The molecule has 0 saturated carbocycles. The summed E-state index contributed by atoms with van der Waals surface area (Å²) in [5, 5.41) is 11.2. The van der Waals surface area contributed by atoms with Crippen molar-refractivity contribution in [3.8, 4) is 22.3 Å². The van der Waals surface area contributed by atoms with Crippen LogP contribution in [0, 0.1) is 0 Å². The van der Waals surface area contributed by atoms with Gasteiger partial charge in [-0.15, -0.1) is 0 Å². The molecule has 3 heteroatoms. The number of aromatic nitrogens is 1. The summed E-state index contributed by atoms with van der Waals surface area (Å²) in [5.41, 5.74) is 15.2. The number of allylic oxidation sites excluding steroid dienone is 8. The first-order valence-electron chi connectivity index (χ1n) is 21.6. The van der Waals surface area contributed by atoms with Gasteiger partial charge in [0.25, 0.3) is 0 Å². The minimum atomic E-state index is 0.616. The summed E-state index contributed by atoms with van der Waals surface area (Å²) in [4.78, 5) is 2.38. The lowest BCUT2D eigenvalue weighted by Gasteiger charge is -2.28. The van der Waals surface area contributed by atoms with Gasteiger partial charge in [0.05, 0.1) is 16.4 Å². The van der Waals surface area contributed by atoms with Crippen LogP contribution < -0.4 is 15.6 Å². The largest absolute Gasteiger partial charge is 0.381 e. The number of anilines is 3. The molecule has 0 amide bonds. The molecule has 3 nitrogen and oxygen atoms in total. The van der Waals surface area contributed by atoms with Gasteiger partial charge in [-0.25, -0.2) is 0 Å². The number of rotatable bonds is 7. The van der Waals surface area contributed by atoms with Crippen molar-refractivity contribution in [2.75, 3.05) is 16.8 Å². The van der Waals surface area contributed by atoms with Gasteiger partial charge in [0.1, 0.15) is 0 Å². The molecule has 0 unspecified atom stereocenters. The first kappa shape index (κ1) is 37.1. The normalized spacial score (nSPS) is 15.6. The molecule has 0 saturated heterocycles. The average Bonchev–Trinajstić information content (AvgIpc) is 3.67. The van der Waals surface area contributed by atoms with Crippen molar-refractivity contribution in [1.82, 2.24) is 4.40 Å². The highest BCUT2D eigenvalue weighted by atomic mass is 15.1. The molecule has 2 aromatic heterocycles. The van der Waals surface area contributed by atoms with Crippen LogP contribution in [0.1, 0.15) is 24.0 Å². The summed E-state index contributed by atoms with van der Waals surface area (Å²) in [5.74, 6) is 0. The van der Waals surface area contributed by atoms with Gasteiger partial charge in [-0.2, -0.15) is 0 Å². The van der Waals surface area contributed by atoms with Crippen molar-refractivity contribution < 1.29 is 0 Å². The van der Waals surface area contributed by atoms with Crippen molar-refractivity contribution in [3.05, 3.63) is 235 Å². The summed E-state index contributed by atoms with van der Waals surface area (Å²) in [6, 6.07) is 57.7. The third-order valence-electron chi connectivity index (χ3n) is 12.4. The molecule has 62 heavy (non-hydrogen) atoms. The maximum Gasteiger partial charge on any atom is 0.0619 e. The van der Waals surface area contributed by atoms with Crippen LogP contribution in [0.15, 0.2) is 219 Å². The zero-order valence-corrected chi connectivity index (χ0v) is 34.5. The van der Waals surface area contributed by atoms with E-state index in [1.165, 1.54) is 71.4 Å². The number of fused-ring (bicyclic) bond motifs is 8. The minimum absolute atomic E-state index is 0.616. The van der Waals surface area contributed by atoms with Crippen LogP contribution in [0.3, 0.4) is 0 Å². The molecule has 1 N–H and O–H groups in total. The number of hydrogen-bond acceptors (Lipinski definition) is 2. The standard InChI is InChI=1S/C59H45N3/c1-2-3-6-25-58-55-40-56-54(39-53(55)52-24-15-23-51-50-22-13-14-26-57(50)62(58)59(51)52)49-21-12-11-20-45(49)31-36-48(37-38-60-56)61(46-32-27-43(28-33-46)41-16-7-4-8-17-41)47-34-29-44(30-35-47)42-18-9-5-10-19-42/h2-4,6-9,11-37,39-40,60H,1,5,10,38H2/b6-3-,36-31-,48-37+,58-25-. The first-order valence-corrected chi connectivity index (χ1v) is 21.6. The van der Waals surface area contributed by atoms with Gasteiger partial charge in [0.15, 0.2) is 0 Å². The fourth-order valence-electron chi connectivity index (χ4n) is 9.47. The van der Waals surface area contributed by atoms with E-state index in [1.807, 2.05) is 12.2 Å². The van der Waals surface area contributed by atoms with Crippen molar-refractivity contribution >= 4 is 72.8 Å². The van der Waals surface area contributed by atoms with Gasteiger partial charge in [-0.1, -0.05) is 164 Å². The van der Waals surface area contributed by atoms with Crippen molar-refractivity contribution in [1.29, 1.82) is 0 Å². The van der Waals surface area contributed by atoms with Crippen LogP contribution in [0.2, 0.25) is 0 Å². The quantitative estimate of drug-likeness (QED) is 0.128. The molecule has 1 aliphatic carbocycles. The second kappa shape index (κ2) is 15.9. The Labute approximate surface area is 362 Å². The third kappa shape index (κ3) is 6.56. The molecule has 9 aromatic rings. The predicted octanol–water partition coefficient (Wildman–Crippen LogP) is 14.9. The summed E-state index contributed by atoms with van der Waals surface area (Å²) in [7, 11) is 0. The third-order valence-corrected chi connectivity index (χ3v) is 12.4. The van der Waals surface area contributed by atoms with Gasteiger partial charge < -0.3 is 14.6 Å². The number of benzene rings is 7. The van der Waals surface area contributed by atoms with Gasteiger partial charge in [-0.3, -0.25) is 0 Å². The number of hydrogen-bond donors (Lipinski definition) is 1. The Morgan fingerprint density at radius 1 is 0.548 bits per heavy atom. The molecule has 0 radical (unpaired) electrons. The Bertz CT molecular complexity index is 3390. The number of pyridine rings is 1. The van der Waals surface area contributed by atoms with E-state index in [4.69, 9.17) is 0 Å². The Kier molecular flexibility index (Phi) is 9.55.